The number of nitrogens with zero attached hydrogens (tertiary/aromatic N) is 2. The molecule has 0 saturated carbocycles. The summed E-state index contributed by atoms with van der Waals surface area (Å²) in [7, 11) is 1.78. The number of fused-ring (bicyclic) bond motifs is 3. The Morgan fingerprint density at radius 2 is 0.935 bits per heavy atom. The van der Waals surface area contributed by atoms with Gasteiger partial charge in [0, 0.05) is 34.3 Å². The fourth-order valence-electron chi connectivity index (χ4n) is 3.50. The SMILES string of the molecule is COc1c(F)c(F)cc(C(=O)[O-])c1F.COc1c(F)c(F)cc(C(=O)[O-])c1F.[Co+2].[OH3+].[OH3+].[OH3+].c1cnc2c(c1)ccc1cccnc12. The molecule has 11 nitrogen and oxygen atoms in total. The Hall–Kier alpha value is -5.01. The van der Waals surface area contributed by atoms with Crippen LogP contribution in [0.25, 0.3) is 21.8 Å². The summed E-state index contributed by atoms with van der Waals surface area (Å²) in [6, 6.07) is 12.5. The van der Waals surface area contributed by atoms with Crippen molar-refractivity contribution in [3.8, 4) is 11.5 Å². The van der Waals surface area contributed by atoms with Crippen LogP contribution in [0, 0.1) is 34.9 Å². The Morgan fingerprint density at radius 1 is 0.609 bits per heavy atom. The molecular weight excluding hydrogens is 681 g/mol. The molecule has 46 heavy (non-hydrogen) atoms. The van der Waals surface area contributed by atoms with Crippen molar-refractivity contribution in [1.82, 2.24) is 9.97 Å². The predicted octanol–water partition coefficient (Wildman–Crippen LogP) is 0.967. The van der Waals surface area contributed by atoms with E-state index in [1.54, 1.807) is 12.4 Å². The average Bonchev–Trinajstić information content (AvgIpc) is 2.98. The molecule has 0 atom stereocenters. The van der Waals surface area contributed by atoms with Crippen LogP contribution in [0.4, 0.5) is 26.3 Å². The molecule has 0 unspecified atom stereocenters. The molecule has 9 N–H and O–H groups in total. The quantitative estimate of drug-likeness (QED) is 0.113. The number of aromatic carboxylic acids is 2. The summed E-state index contributed by atoms with van der Waals surface area (Å²) in [6.45, 7) is 0. The number of benzene rings is 3. The molecule has 5 rings (SSSR count). The van der Waals surface area contributed by atoms with Gasteiger partial charge in [-0.25, -0.2) is 17.6 Å². The van der Waals surface area contributed by atoms with Crippen LogP contribution in [0.2, 0.25) is 0 Å². The summed E-state index contributed by atoms with van der Waals surface area (Å²) >= 11 is 0. The van der Waals surface area contributed by atoms with E-state index in [1.165, 1.54) is 0 Å². The number of carboxylic acids is 2. The summed E-state index contributed by atoms with van der Waals surface area (Å²) in [4.78, 5) is 29.2. The van der Waals surface area contributed by atoms with Crippen molar-refractivity contribution in [3.63, 3.8) is 0 Å². The Labute approximate surface area is 265 Å². The fourth-order valence-corrected chi connectivity index (χ4v) is 3.50. The molecule has 5 aromatic rings. The Balaban J connectivity index is 0. The zero-order valence-corrected chi connectivity index (χ0v) is 24.5. The zero-order chi connectivity index (χ0) is 31.1. The third-order valence-electron chi connectivity index (χ3n) is 5.42. The van der Waals surface area contributed by atoms with Crippen molar-refractivity contribution >= 4 is 33.7 Å². The number of carbonyl (C=O) groups excluding carboxylic acids is 2. The van der Waals surface area contributed by atoms with Gasteiger partial charge in [0.1, 0.15) is 0 Å². The Kier molecular flexibility index (Phi) is 17.5. The maximum Gasteiger partial charge on any atom is 2.00 e. The summed E-state index contributed by atoms with van der Waals surface area (Å²) < 4.78 is 85.2. The standard InChI is InChI=1S/C12H8N2.2C8H5F3O3.Co.3H2O/c1-3-9-5-6-10-4-2-8-14-12(10)11(9)13-7-1;2*1-14-7-5(10)3(8(12)13)2-4(9)6(7)11;;;;/h1-8H;2*2H,1H3,(H,12,13);;3*1H2/q;;;+2;;;/p+1. The van der Waals surface area contributed by atoms with Crippen molar-refractivity contribution in [3.05, 3.63) is 107 Å². The average molecular weight is 706 g/mol. The van der Waals surface area contributed by atoms with E-state index in [1.807, 2.05) is 12.1 Å². The summed E-state index contributed by atoms with van der Waals surface area (Å²) in [5.41, 5.74) is -0.210. The predicted molar refractivity (Wildman–Crippen MR) is 146 cm³/mol. The van der Waals surface area contributed by atoms with Crippen LogP contribution >= 0.6 is 0 Å². The van der Waals surface area contributed by atoms with E-state index in [2.05, 4.69) is 43.7 Å². The van der Waals surface area contributed by atoms with Gasteiger partial charge in [0.2, 0.25) is 11.6 Å². The molecule has 3 aromatic carbocycles. The maximum atomic E-state index is 13.0. The molecule has 0 fully saturated rings. The molecule has 0 spiro atoms. The maximum absolute atomic E-state index is 13.0. The van der Waals surface area contributed by atoms with Crippen molar-refractivity contribution in [2.24, 2.45) is 0 Å². The molecule has 0 bridgehead atoms. The van der Waals surface area contributed by atoms with E-state index in [9.17, 15) is 46.1 Å². The number of methoxy groups -OCH3 is 2. The van der Waals surface area contributed by atoms with Gasteiger partial charge in [-0.2, -0.15) is 8.78 Å². The van der Waals surface area contributed by atoms with Crippen molar-refractivity contribution in [2.75, 3.05) is 14.2 Å². The zero-order valence-electron chi connectivity index (χ0n) is 23.5. The second-order valence-electron chi connectivity index (χ2n) is 7.93. The van der Waals surface area contributed by atoms with Gasteiger partial charge in [-0.15, -0.1) is 0 Å². The molecule has 0 aliphatic carbocycles. The van der Waals surface area contributed by atoms with Crippen LogP contribution in [0.3, 0.4) is 0 Å². The van der Waals surface area contributed by atoms with Crippen molar-refractivity contribution in [1.29, 1.82) is 0 Å². The van der Waals surface area contributed by atoms with E-state index < -0.39 is 69.5 Å². The van der Waals surface area contributed by atoms with Crippen molar-refractivity contribution in [2.45, 2.75) is 0 Å². The van der Waals surface area contributed by atoms with Gasteiger partial charge in [0.05, 0.1) is 37.2 Å². The van der Waals surface area contributed by atoms with Gasteiger partial charge in [-0.1, -0.05) is 24.3 Å². The topological polar surface area (TPSA) is 224 Å². The molecule has 0 aliphatic heterocycles. The molecule has 0 saturated heterocycles. The number of hydrogen-bond acceptors (Lipinski definition) is 8. The van der Waals surface area contributed by atoms with Gasteiger partial charge in [-0.05, 0) is 24.3 Å². The third-order valence-corrected chi connectivity index (χ3v) is 5.42. The summed E-state index contributed by atoms with van der Waals surface area (Å²) in [5, 5.41) is 22.8. The molecule has 2 aromatic heterocycles. The molecule has 0 amide bonds. The number of rotatable bonds is 4. The number of aromatic nitrogens is 2. The number of carboxylic acid groups (broad SMARTS) is 2. The second kappa shape index (κ2) is 18.7. The summed E-state index contributed by atoms with van der Waals surface area (Å²) in [6.07, 6.45) is 3.60. The normalized spacial score (nSPS) is 9.39. The van der Waals surface area contributed by atoms with E-state index in [0.29, 0.717) is 0 Å². The number of halogens is 6. The Bertz CT molecular complexity index is 1690. The van der Waals surface area contributed by atoms with Gasteiger partial charge in [0.25, 0.3) is 0 Å². The fraction of sp³-hybridized carbons (Fsp3) is 0.0714. The molecule has 249 valence electrons. The van der Waals surface area contributed by atoms with E-state index in [0.717, 1.165) is 36.0 Å². The summed E-state index contributed by atoms with van der Waals surface area (Å²) in [5.74, 6) is -15.2. The molecule has 1 radical (unpaired) electrons. The number of pyridine rings is 2. The van der Waals surface area contributed by atoms with E-state index in [-0.39, 0.29) is 45.3 Å². The first-order valence-electron chi connectivity index (χ1n) is 11.4. The third kappa shape index (κ3) is 9.25. The molecule has 18 heteroatoms. The van der Waals surface area contributed by atoms with Gasteiger partial charge < -0.3 is 45.7 Å². The minimum absolute atomic E-state index is 0. The molecule has 0 aliphatic rings. The van der Waals surface area contributed by atoms with E-state index >= 15 is 0 Å². The minimum Gasteiger partial charge on any atom is -0.545 e. The minimum atomic E-state index is -1.94. The smallest absolute Gasteiger partial charge is 0.545 e. The number of carbonyl (C=O) groups is 2. The first-order chi connectivity index (χ1) is 19.9. The Morgan fingerprint density at radius 3 is 1.22 bits per heavy atom. The van der Waals surface area contributed by atoms with Crippen LogP contribution in [0.1, 0.15) is 20.7 Å². The van der Waals surface area contributed by atoms with Crippen molar-refractivity contribution < 1.29 is 88.8 Å². The van der Waals surface area contributed by atoms with E-state index in [4.69, 9.17) is 0 Å². The number of hydrogen-bond donors (Lipinski definition) is 0. The largest absolute Gasteiger partial charge is 2.00 e. The van der Waals surface area contributed by atoms with Crippen LogP contribution in [0.15, 0.2) is 60.9 Å². The van der Waals surface area contributed by atoms with Gasteiger partial charge in [-0.3, -0.25) is 9.97 Å². The number of ether oxygens (including phenoxy) is 2. The van der Waals surface area contributed by atoms with Crippen LogP contribution in [-0.4, -0.2) is 36.1 Å². The van der Waals surface area contributed by atoms with Crippen LogP contribution < -0.4 is 19.7 Å². The van der Waals surface area contributed by atoms with Gasteiger partial charge >= 0.3 is 16.8 Å². The molecule has 2 heterocycles. The molecular formula is C28H25CoF6N2O9+3. The van der Waals surface area contributed by atoms with Gasteiger partial charge in [0.15, 0.2) is 34.8 Å². The van der Waals surface area contributed by atoms with Crippen LogP contribution in [0.5, 0.6) is 11.5 Å². The van der Waals surface area contributed by atoms with Crippen LogP contribution in [-0.2, 0) is 33.2 Å². The first kappa shape index (κ1) is 43.1. The monoisotopic (exact) mass is 706 g/mol. The second-order valence-corrected chi connectivity index (χ2v) is 7.93. The first-order valence-corrected chi connectivity index (χ1v) is 11.4.